The second-order valence-electron chi connectivity index (χ2n) is 8.79. The molecule has 1 aromatic carbocycles. The minimum Gasteiger partial charge on any atom is -0.494 e. The Balaban J connectivity index is 2.04. The summed E-state index contributed by atoms with van der Waals surface area (Å²) in [5, 5.41) is 3.26. The van der Waals surface area contributed by atoms with Crippen LogP contribution in [-0.2, 0) is 28.6 Å². The summed E-state index contributed by atoms with van der Waals surface area (Å²) >= 11 is 0. The number of carbonyl (C=O) groups excluding carboxylic acids is 3. The number of nitrogens with one attached hydrogen (secondary N) is 1. The highest BCUT2D eigenvalue weighted by Crippen LogP contribution is 2.45. The number of allylic oxidation sites excluding steroid dienone is 3. The number of ketones is 1. The van der Waals surface area contributed by atoms with Crippen LogP contribution in [0.15, 0.2) is 46.8 Å². The molecule has 0 fully saturated rings. The molecular formula is C27H35NO7. The van der Waals surface area contributed by atoms with E-state index >= 15 is 0 Å². The maximum atomic E-state index is 13.7. The maximum Gasteiger partial charge on any atom is 0.336 e. The summed E-state index contributed by atoms with van der Waals surface area (Å²) in [6.45, 7) is 9.05. The van der Waals surface area contributed by atoms with Crippen LogP contribution in [0.3, 0.4) is 0 Å². The van der Waals surface area contributed by atoms with Crippen LogP contribution in [0.2, 0.25) is 0 Å². The molecule has 0 unspecified atom stereocenters. The summed E-state index contributed by atoms with van der Waals surface area (Å²) in [5.41, 5.74) is 2.84. The molecule has 0 aromatic heterocycles. The van der Waals surface area contributed by atoms with E-state index in [4.69, 9.17) is 18.9 Å². The average Bonchev–Trinajstić information content (AvgIpc) is 2.84. The Hall–Kier alpha value is -3.13. The van der Waals surface area contributed by atoms with Gasteiger partial charge in [0.2, 0.25) is 0 Å². The smallest absolute Gasteiger partial charge is 0.336 e. The molecule has 0 radical (unpaired) electrons. The first kappa shape index (κ1) is 26.5. The highest BCUT2D eigenvalue weighted by Gasteiger charge is 2.47. The van der Waals surface area contributed by atoms with Gasteiger partial charge in [0.1, 0.15) is 18.3 Å². The number of ether oxygens (including phenoxy) is 4. The molecule has 1 N–H and O–H groups in total. The number of esters is 2. The molecule has 0 spiro atoms. The third-order valence-corrected chi connectivity index (χ3v) is 6.31. The van der Waals surface area contributed by atoms with Gasteiger partial charge in [-0.3, -0.25) is 9.59 Å². The van der Waals surface area contributed by atoms with E-state index in [1.54, 1.807) is 6.92 Å². The van der Waals surface area contributed by atoms with Gasteiger partial charge in [-0.25, -0.2) is 4.79 Å². The van der Waals surface area contributed by atoms with E-state index in [-0.39, 0.29) is 24.9 Å². The van der Waals surface area contributed by atoms with Crippen molar-refractivity contribution in [1.29, 1.82) is 0 Å². The summed E-state index contributed by atoms with van der Waals surface area (Å²) in [6.07, 6.45) is 1.37. The minimum atomic E-state index is -0.927. The molecule has 0 saturated carbocycles. The first-order chi connectivity index (χ1) is 16.8. The predicted octanol–water partition coefficient (Wildman–Crippen LogP) is 3.67. The van der Waals surface area contributed by atoms with Crippen LogP contribution in [0.4, 0.5) is 0 Å². The lowest BCUT2D eigenvalue weighted by Gasteiger charge is -2.38. The number of Topliss-reactive ketones (excluding diaryl/α,β-unsaturated/α-hetero) is 1. The number of benzene rings is 1. The molecule has 0 saturated heterocycles. The molecule has 1 aromatic rings. The van der Waals surface area contributed by atoms with E-state index in [0.29, 0.717) is 42.2 Å². The lowest BCUT2D eigenvalue weighted by molar-refractivity contribution is -0.151. The zero-order chi connectivity index (χ0) is 25.5. The summed E-state index contributed by atoms with van der Waals surface area (Å²) in [6, 6.07) is 7.36. The Morgan fingerprint density at radius 1 is 1.09 bits per heavy atom. The molecule has 1 aliphatic heterocycles. The van der Waals surface area contributed by atoms with Crippen LogP contribution < -0.4 is 10.1 Å². The third kappa shape index (κ3) is 5.75. The Morgan fingerprint density at radius 2 is 1.80 bits per heavy atom. The van der Waals surface area contributed by atoms with Crippen LogP contribution in [0, 0.1) is 11.8 Å². The first-order valence-electron chi connectivity index (χ1n) is 12.1. The van der Waals surface area contributed by atoms with Crippen LogP contribution in [0.5, 0.6) is 5.75 Å². The Bertz CT molecular complexity index is 1010. The monoisotopic (exact) mass is 485 g/mol. The highest BCUT2D eigenvalue weighted by molar-refractivity contribution is 6.12. The molecule has 8 heteroatoms. The van der Waals surface area contributed by atoms with Gasteiger partial charge in [0.25, 0.3) is 0 Å². The highest BCUT2D eigenvalue weighted by atomic mass is 16.6. The van der Waals surface area contributed by atoms with E-state index in [1.807, 2.05) is 45.0 Å². The molecule has 190 valence electrons. The molecule has 1 aliphatic carbocycles. The van der Waals surface area contributed by atoms with Gasteiger partial charge in [-0.05, 0) is 50.3 Å². The largest absolute Gasteiger partial charge is 0.494 e. The normalized spacial score (nSPS) is 21.9. The summed E-state index contributed by atoms with van der Waals surface area (Å²) in [4.78, 5) is 39.5. The van der Waals surface area contributed by atoms with Crippen LogP contribution in [-0.4, -0.2) is 51.3 Å². The SMILES string of the molecule is CCCOc1ccc([C@H]2C(C(=O)OCCOCC)=C(C)NC3=C2C(=O)[C@@H](C(=O)OC)[C@@H](C)C3)cc1. The Labute approximate surface area is 206 Å². The molecule has 2 aliphatic rings. The average molecular weight is 486 g/mol. The van der Waals surface area contributed by atoms with Crippen molar-refractivity contribution in [2.45, 2.75) is 46.5 Å². The number of rotatable bonds is 10. The van der Waals surface area contributed by atoms with E-state index < -0.39 is 23.8 Å². The van der Waals surface area contributed by atoms with Gasteiger partial charge < -0.3 is 24.3 Å². The lowest BCUT2D eigenvalue weighted by Crippen LogP contribution is -2.43. The molecule has 1 heterocycles. The number of carbonyl (C=O) groups is 3. The van der Waals surface area contributed by atoms with Crippen molar-refractivity contribution < 1.29 is 33.3 Å². The lowest BCUT2D eigenvalue weighted by atomic mass is 9.69. The quantitative estimate of drug-likeness (QED) is 0.304. The number of methoxy groups -OCH3 is 1. The van der Waals surface area contributed by atoms with E-state index in [9.17, 15) is 14.4 Å². The fourth-order valence-corrected chi connectivity index (χ4v) is 4.68. The zero-order valence-electron chi connectivity index (χ0n) is 21.1. The standard InChI is InChI=1S/C27H35NO7/c1-6-12-34-19-10-8-18(9-11-19)23-22(27(31)35-14-13-33-7-2)17(4)28-20-15-16(3)21(26(30)32-5)25(29)24(20)23/h8-11,16,21,23,28H,6-7,12-15H2,1-5H3/t16-,21-,23-/m0/s1. The van der Waals surface area contributed by atoms with Gasteiger partial charge in [-0.2, -0.15) is 0 Å². The summed E-state index contributed by atoms with van der Waals surface area (Å²) in [5.74, 6) is -2.57. The molecule has 8 nitrogen and oxygen atoms in total. The van der Waals surface area contributed by atoms with Gasteiger partial charge in [0, 0.05) is 29.5 Å². The van der Waals surface area contributed by atoms with E-state index in [0.717, 1.165) is 17.7 Å². The molecule has 35 heavy (non-hydrogen) atoms. The van der Waals surface area contributed by atoms with Crippen LogP contribution >= 0.6 is 0 Å². The van der Waals surface area contributed by atoms with Crippen LogP contribution in [0.1, 0.15) is 52.0 Å². The topological polar surface area (TPSA) is 100 Å². The van der Waals surface area contributed by atoms with Gasteiger partial charge in [-0.1, -0.05) is 26.0 Å². The molecule has 0 bridgehead atoms. The van der Waals surface area contributed by atoms with Gasteiger partial charge >= 0.3 is 11.9 Å². The second kappa shape index (κ2) is 12.0. The Morgan fingerprint density at radius 3 is 2.43 bits per heavy atom. The van der Waals surface area contributed by atoms with E-state index in [1.165, 1.54) is 7.11 Å². The third-order valence-electron chi connectivity index (χ3n) is 6.31. The molecule has 3 rings (SSSR count). The fraction of sp³-hybridized carbons (Fsp3) is 0.519. The van der Waals surface area contributed by atoms with Crippen molar-refractivity contribution in [2.24, 2.45) is 11.8 Å². The molecule has 0 amide bonds. The van der Waals surface area contributed by atoms with Crippen molar-refractivity contribution in [1.82, 2.24) is 5.32 Å². The van der Waals surface area contributed by atoms with Crippen LogP contribution in [0.25, 0.3) is 0 Å². The molecular weight excluding hydrogens is 450 g/mol. The number of hydrogen-bond acceptors (Lipinski definition) is 8. The zero-order valence-corrected chi connectivity index (χ0v) is 21.1. The van der Waals surface area contributed by atoms with E-state index in [2.05, 4.69) is 5.32 Å². The minimum absolute atomic E-state index is 0.0988. The number of dihydropyridines is 1. The first-order valence-corrected chi connectivity index (χ1v) is 12.1. The second-order valence-corrected chi connectivity index (χ2v) is 8.79. The fourth-order valence-electron chi connectivity index (χ4n) is 4.68. The number of hydrogen-bond donors (Lipinski definition) is 1. The van der Waals surface area contributed by atoms with Crippen molar-refractivity contribution in [2.75, 3.05) is 33.5 Å². The molecule has 3 atom stereocenters. The predicted molar refractivity (Wildman–Crippen MR) is 130 cm³/mol. The summed E-state index contributed by atoms with van der Waals surface area (Å²) in [7, 11) is 1.28. The van der Waals surface area contributed by atoms with Crippen molar-refractivity contribution in [3.05, 3.63) is 52.4 Å². The van der Waals surface area contributed by atoms with Crippen molar-refractivity contribution in [3.8, 4) is 5.75 Å². The van der Waals surface area contributed by atoms with Crippen molar-refractivity contribution in [3.63, 3.8) is 0 Å². The van der Waals surface area contributed by atoms with Gasteiger partial charge in [0.15, 0.2) is 5.78 Å². The van der Waals surface area contributed by atoms with Crippen molar-refractivity contribution >= 4 is 17.7 Å². The maximum absolute atomic E-state index is 13.7. The van der Waals surface area contributed by atoms with Gasteiger partial charge in [0.05, 0.1) is 25.9 Å². The summed E-state index contributed by atoms with van der Waals surface area (Å²) < 4.78 is 21.4. The van der Waals surface area contributed by atoms with Gasteiger partial charge in [-0.15, -0.1) is 0 Å². The Kier molecular flexibility index (Phi) is 9.09.